The molecule has 1 aromatic carbocycles. The molecular weight excluding hydrogens is 341 g/mol. The number of hydrogen-bond donors (Lipinski definition) is 3. The van der Waals surface area contributed by atoms with E-state index in [0.717, 1.165) is 0 Å². The topological polar surface area (TPSA) is 105 Å². The molecule has 1 aromatic heterocycles. The lowest BCUT2D eigenvalue weighted by molar-refractivity contribution is 0.0438. The van der Waals surface area contributed by atoms with E-state index >= 15 is 0 Å². The van der Waals surface area contributed by atoms with Crippen molar-refractivity contribution in [2.45, 2.75) is 25.0 Å². The van der Waals surface area contributed by atoms with Crippen LogP contribution in [0.4, 0.5) is 4.39 Å². The minimum absolute atomic E-state index is 0.156. The van der Waals surface area contributed by atoms with Gasteiger partial charge in [-0.25, -0.2) is 9.37 Å². The summed E-state index contributed by atoms with van der Waals surface area (Å²) in [4.78, 5) is 20.2. The molecule has 26 heavy (non-hydrogen) atoms. The second-order valence-corrected chi connectivity index (χ2v) is 6.56. The molecule has 2 aromatic rings. The van der Waals surface area contributed by atoms with E-state index in [1.165, 1.54) is 42.9 Å². The van der Waals surface area contributed by atoms with E-state index in [2.05, 4.69) is 15.3 Å². The minimum Gasteiger partial charge on any atom is -0.476 e. The average Bonchev–Trinajstić information content (AvgIpc) is 2.94. The van der Waals surface area contributed by atoms with Gasteiger partial charge in [-0.1, -0.05) is 0 Å². The summed E-state index contributed by atoms with van der Waals surface area (Å²) in [6, 6.07) is 5.22. The predicted octanol–water partition coefficient (Wildman–Crippen LogP) is 0.926. The maximum atomic E-state index is 13.0. The molecule has 1 heterocycles. The van der Waals surface area contributed by atoms with Gasteiger partial charge in [-0.2, -0.15) is 0 Å². The van der Waals surface area contributed by atoms with Crippen molar-refractivity contribution in [1.29, 1.82) is 0 Å². The second-order valence-electron chi connectivity index (χ2n) is 6.56. The Kier molecular flexibility index (Phi) is 5.43. The number of benzene rings is 1. The summed E-state index contributed by atoms with van der Waals surface area (Å²) in [7, 11) is 0. The molecule has 3 rings (SSSR count). The van der Waals surface area contributed by atoms with E-state index in [4.69, 9.17) is 4.74 Å². The smallest absolute Gasteiger partial charge is 0.251 e. The molecule has 138 valence electrons. The van der Waals surface area contributed by atoms with Gasteiger partial charge in [-0.15, -0.1) is 0 Å². The van der Waals surface area contributed by atoms with Crippen molar-refractivity contribution >= 4 is 5.91 Å². The maximum absolute atomic E-state index is 13.0. The molecule has 1 amide bonds. The molecule has 2 unspecified atom stereocenters. The first-order valence-corrected chi connectivity index (χ1v) is 8.26. The largest absolute Gasteiger partial charge is 0.476 e. The van der Waals surface area contributed by atoms with Crippen LogP contribution in [0.15, 0.2) is 42.9 Å². The van der Waals surface area contributed by atoms with E-state index < -0.39 is 23.4 Å². The fourth-order valence-electron chi connectivity index (χ4n) is 3.11. The van der Waals surface area contributed by atoms with Gasteiger partial charge >= 0.3 is 0 Å². The van der Waals surface area contributed by atoms with E-state index in [0.29, 0.717) is 11.4 Å². The Labute approximate surface area is 149 Å². The van der Waals surface area contributed by atoms with Gasteiger partial charge in [0.15, 0.2) is 0 Å². The summed E-state index contributed by atoms with van der Waals surface area (Å²) in [5.74, 6) is -0.454. The maximum Gasteiger partial charge on any atom is 0.251 e. The standard InChI is InChI=1S/C18H20FN3O4/c19-13-3-1-12(2-4-13)17(25)22-10-18(7-14(23)15(24)8-18)11-26-16-9-20-5-6-21-16/h1-6,9,14-15,23-24H,7-8,10-11H2,(H,22,25). The summed E-state index contributed by atoms with van der Waals surface area (Å²) in [6.07, 6.45) is 3.26. The molecule has 0 spiro atoms. The van der Waals surface area contributed by atoms with Crippen LogP contribution in [0.25, 0.3) is 0 Å². The monoisotopic (exact) mass is 361 g/mol. The van der Waals surface area contributed by atoms with Gasteiger partial charge in [0.1, 0.15) is 5.82 Å². The highest BCUT2D eigenvalue weighted by Crippen LogP contribution is 2.38. The van der Waals surface area contributed by atoms with Crippen LogP contribution in [0, 0.1) is 11.2 Å². The van der Waals surface area contributed by atoms with Crippen molar-refractivity contribution in [2.75, 3.05) is 13.2 Å². The molecule has 0 saturated heterocycles. The molecule has 1 fully saturated rings. The van der Waals surface area contributed by atoms with Gasteiger partial charge in [0, 0.05) is 29.9 Å². The predicted molar refractivity (Wildman–Crippen MR) is 89.9 cm³/mol. The van der Waals surface area contributed by atoms with Crippen molar-refractivity contribution in [2.24, 2.45) is 5.41 Å². The fraction of sp³-hybridized carbons (Fsp3) is 0.389. The minimum atomic E-state index is -0.886. The summed E-state index contributed by atoms with van der Waals surface area (Å²) in [5, 5.41) is 22.7. The third-order valence-electron chi connectivity index (χ3n) is 4.52. The van der Waals surface area contributed by atoms with Crippen molar-refractivity contribution in [3.63, 3.8) is 0 Å². The van der Waals surface area contributed by atoms with Crippen LogP contribution < -0.4 is 10.1 Å². The molecule has 1 saturated carbocycles. The van der Waals surface area contributed by atoms with Crippen LogP contribution in [0.3, 0.4) is 0 Å². The lowest BCUT2D eigenvalue weighted by Crippen LogP contribution is -2.40. The van der Waals surface area contributed by atoms with Crippen LogP contribution in [-0.2, 0) is 0 Å². The van der Waals surface area contributed by atoms with E-state index in [1.807, 2.05) is 0 Å². The molecule has 3 N–H and O–H groups in total. The fourth-order valence-corrected chi connectivity index (χ4v) is 3.11. The quantitative estimate of drug-likeness (QED) is 0.707. The number of carbonyl (C=O) groups is 1. The van der Waals surface area contributed by atoms with Crippen LogP contribution in [0.2, 0.25) is 0 Å². The molecule has 0 aliphatic heterocycles. The SMILES string of the molecule is O=C(NCC1(COc2cnccn2)CC(O)C(O)C1)c1ccc(F)cc1. The number of hydrogen-bond acceptors (Lipinski definition) is 6. The molecule has 0 bridgehead atoms. The summed E-state index contributed by atoms with van der Waals surface area (Å²) < 4.78 is 18.6. The molecule has 1 aliphatic carbocycles. The Bertz CT molecular complexity index is 732. The highest BCUT2D eigenvalue weighted by Gasteiger charge is 2.45. The first-order valence-electron chi connectivity index (χ1n) is 8.26. The van der Waals surface area contributed by atoms with Crippen LogP contribution in [0.5, 0.6) is 5.88 Å². The van der Waals surface area contributed by atoms with Crippen molar-refractivity contribution in [3.8, 4) is 5.88 Å². The summed E-state index contributed by atoms with van der Waals surface area (Å²) in [6.45, 7) is 0.348. The molecule has 0 radical (unpaired) electrons. The van der Waals surface area contributed by atoms with Gasteiger partial charge < -0.3 is 20.3 Å². The molecule has 1 aliphatic rings. The second kappa shape index (κ2) is 7.76. The number of ether oxygens (including phenoxy) is 1. The van der Waals surface area contributed by atoms with Crippen molar-refractivity contribution in [3.05, 3.63) is 54.2 Å². The van der Waals surface area contributed by atoms with Gasteiger partial charge in [-0.05, 0) is 37.1 Å². The zero-order valence-electron chi connectivity index (χ0n) is 14.0. The van der Waals surface area contributed by atoms with Gasteiger partial charge in [0.2, 0.25) is 5.88 Å². The van der Waals surface area contributed by atoms with Crippen molar-refractivity contribution in [1.82, 2.24) is 15.3 Å². The Morgan fingerprint density at radius 2 is 1.92 bits per heavy atom. The molecule has 8 heteroatoms. The number of halogens is 1. The highest BCUT2D eigenvalue weighted by molar-refractivity contribution is 5.94. The number of rotatable bonds is 6. The number of aromatic nitrogens is 2. The number of aliphatic hydroxyl groups excluding tert-OH is 2. The number of aliphatic hydroxyl groups is 2. The van der Waals surface area contributed by atoms with Gasteiger partial charge in [0.25, 0.3) is 5.91 Å². The number of amides is 1. The lowest BCUT2D eigenvalue weighted by atomic mass is 9.86. The number of nitrogens with zero attached hydrogens (tertiary/aromatic N) is 2. The lowest BCUT2D eigenvalue weighted by Gasteiger charge is -2.29. The Hall–Kier alpha value is -2.58. The number of carbonyl (C=O) groups excluding carboxylic acids is 1. The number of nitrogens with one attached hydrogen (secondary N) is 1. The van der Waals surface area contributed by atoms with Gasteiger partial charge in [-0.3, -0.25) is 9.78 Å². The average molecular weight is 361 g/mol. The van der Waals surface area contributed by atoms with Crippen LogP contribution >= 0.6 is 0 Å². The Morgan fingerprint density at radius 1 is 1.23 bits per heavy atom. The van der Waals surface area contributed by atoms with Crippen LogP contribution in [-0.4, -0.2) is 51.4 Å². The third-order valence-corrected chi connectivity index (χ3v) is 4.52. The third kappa shape index (κ3) is 4.33. The summed E-state index contributed by atoms with van der Waals surface area (Å²) >= 11 is 0. The Balaban J connectivity index is 1.66. The Morgan fingerprint density at radius 3 is 2.54 bits per heavy atom. The normalized spacial score (nSPS) is 25.0. The molecule has 2 atom stereocenters. The van der Waals surface area contributed by atoms with E-state index in [1.54, 1.807) is 0 Å². The van der Waals surface area contributed by atoms with Crippen molar-refractivity contribution < 1.29 is 24.1 Å². The first kappa shape index (κ1) is 18.2. The molecular formula is C18H20FN3O4. The summed E-state index contributed by atoms with van der Waals surface area (Å²) in [5.41, 5.74) is -0.318. The first-order chi connectivity index (χ1) is 12.5. The molecule has 7 nitrogen and oxygen atoms in total. The van der Waals surface area contributed by atoms with E-state index in [9.17, 15) is 19.4 Å². The highest BCUT2D eigenvalue weighted by atomic mass is 19.1. The van der Waals surface area contributed by atoms with Crippen LogP contribution in [0.1, 0.15) is 23.2 Å². The zero-order chi connectivity index (χ0) is 18.6. The van der Waals surface area contributed by atoms with Gasteiger partial charge in [0.05, 0.1) is 25.0 Å². The van der Waals surface area contributed by atoms with E-state index in [-0.39, 0.29) is 31.9 Å². The zero-order valence-corrected chi connectivity index (χ0v) is 14.0.